The van der Waals surface area contributed by atoms with Gasteiger partial charge in [-0.05, 0) is 6.92 Å². The summed E-state index contributed by atoms with van der Waals surface area (Å²) in [5.74, 6) is -2.40. The van der Waals surface area contributed by atoms with E-state index in [0.717, 1.165) is 0 Å². The van der Waals surface area contributed by atoms with E-state index in [1.807, 2.05) is 0 Å². The van der Waals surface area contributed by atoms with Crippen molar-refractivity contribution >= 4 is 0 Å². The Hall–Kier alpha value is -1.53. The number of H-pyrrole nitrogens is 1. The highest BCUT2D eigenvalue weighted by molar-refractivity contribution is 5.26. The Morgan fingerprint density at radius 2 is 2.00 bits per heavy atom. The van der Waals surface area contributed by atoms with Crippen molar-refractivity contribution in [2.45, 2.75) is 13.3 Å². The van der Waals surface area contributed by atoms with Crippen LogP contribution in [0.2, 0.25) is 0 Å². The normalized spacial score (nSPS) is 11.5. The van der Waals surface area contributed by atoms with Gasteiger partial charge >= 0.3 is 6.36 Å². The number of pyridine rings is 1. The lowest BCUT2D eigenvalue weighted by molar-refractivity contribution is -0.275. The maximum Gasteiger partial charge on any atom is 0.573 e. The highest BCUT2D eigenvalue weighted by atomic mass is 19.4. The van der Waals surface area contributed by atoms with E-state index in [2.05, 4.69) is 9.72 Å². The standard InChI is InChI=1S/C7H5F4NO2/c1-3-6(14-7(9,10)11)5(13)4(8)2-12-3/h2H,1H3,(H,12,13). The van der Waals surface area contributed by atoms with E-state index in [1.54, 1.807) is 0 Å². The summed E-state index contributed by atoms with van der Waals surface area (Å²) in [6.45, 7) is 1.17. The molecule has 1 N–H and O–H groups in total. The van der Waals surface area contributed by atoms with Crippen molar-refractivity contribution < 1.29 is 22.3 Å². The first-order valence-electron chi connectivity index (χ1n) is 3.45. The number of ether oxygens (including phenoxy) is 1. The van der Waals surface area contributed by atoms with Crippen LogP contribution in [0, 0.1) is 12.7 Å². The number of halogens is 4. The molecule has 0 saturated carbocycles. The summed E-state index contributed by atoms with van der Waals surface area (Å²) in [6.07, 6.45) is -4.34. The molecule has 0 bridgehead atoms. The van der Waals surface area contributed by atoms with Gasteiger partial charge in [0.15, 0.2) is 11.6 Å². The Labute approximate surface area is 75.3 Å². The van der Waals surface area contributed by atoms with Crippen LogP contribution in [0.5, 0.6) is 5.75 Å². The second-order valence-electron chi connectivity index (χ2n) is 2.47. The van der Waals surface area contributed by atoms with Crippen LogP contribution in [-0.4, -0.2) is 11.3 Å². The number of nitrogens with one attached hydrogen (secondary N) is 1. The Morgan fingerprint density at radius 1 is 1.43 bits per heavy atom. The predicted molar refractivity (Wildman–Crippen MR) is 38.4 cm³/mol. The van der Waals surface area contributed by atoms with E-state index in [4.69, 9.17) is 0 Å². The second kappa shape index (κ2) is 3.32. The summed E-state index contributed by atoms with van der Waals surface area (Å²) in [5.41, 5.74) is -1.60. The number of alkyl halides is 3. The van der Waals surface area contributed by atoms with Gasteiger partial charge in [-0.2, -0.15) is 0 Å². The number of aromatic nitrogens is 1. The quantitative estimate of drug-likeness (QED) is 0.718. The lowest BCUT2D eigenvalue weighted by Crippen LogP contribution is -2.24. The Bertz CT molecular complexity index is 396. The van der Waals surface area contributed by atoms with E-state index in [0.29, 0.717) is 6.20 Å². The molecule has 0 spiro atoms. The summed E-state index contributed by atoms with van der Waals surface area (Å²) in [4.78, 5) is 13.0. The molecule has 0 unspecified atom stereocenters. The first-order chi connectivity index (χ1) is 6.31. The van der Waals surface area contributed by atoms with Crippen LogP contribution in [0.25, 0.3) is 0 Å². The number of hydrogen-bond acceptors (Lipinski definition) is 2. The monoisotopic (exact) mass is 211 g/mol. The van der Waals surface area contributed by atoms with Crippen LogP contribution in [0.4, 0.5) is 17.6 Å². The fourth-order valence-electron chi connectivity index (χ4n) is 0.820. The molecule has 0 amide bonds. The molecule has 0 aromatic carbocycles. The molecule has 0 aliphatic heterocycles. The van der Waals surface area contributed by atoms with Crippen molar-refractivity contribution in [2.24, 2.45) is 0 Å². The molecule has 1 heterocycles. The SMILES string of the molecule is Cc1[nH]cc(F)c(=O)c1OC(F)(F)F. The first kappa shape index (κ1) is 10.6. The third kappa shape index (κ3) is 2.24. The average Bonchev–Trinajstić information content (AvgIpc) is 2.04. The molecule has 0 aliphatic rings. The summed E-state index contributed by atoms with van der Waals surface area (Å²) >= 11 is 0. The van der Waals surface area contributed by atoms with E-state index >= 15 is 0 Å². The van der Waals surface area contributed by atoms with E-state index in [1.165, 1.54) is 6.92 Å². The molecule has 78 valence electrons. The highest BCUT2D eigenvalue weighted by Crippen LogP contribution is 2.21. The minimum absolute atomic E-state index is 0.186. The zero-order valence-electron chi connectivity index (χ0n) is 6.91. The maximum atomic E-state index is 12.5. The molecule has 1 rings (SSSR count). The van der Waals surface area contributed by atoms with Gasteiger partial charge in [0, 0.05) is 6.20 Å². The molecule has 0 atom stereocenters. The molecular formula is C7H5F4NO2. The van der Waals surface area contributed by atoms with Crippen LogP contribution in [0.1, 0.15) is 5.69 Å². The molecule has 1 aromatic rings. The molecule has 0 fully saturated rings. The third-order valence-corrected chi connectivity index (χ3v) is 1.40. The Kier molecular flexibility index (Phi) is 2.50. The summed E-state index contributed by atoms with van der Waals surface area (Å²) in [5, 5.41) is 0. The topological polar surface area (TPSA) is 42.1 Å². The van der Waals surface area contributed by atoms with Gasteiger partial charge in [-0.3, -0.25) is 4.79 Å². The third-order valence-electron chi connectivity index (χ3n) is 1.40. The zero-order chi connectivity index (χ0) is 10.9. The van der Waals surface area contributed by atoms with Crippen LogP contribution < -0.4 is 10.2 Å². The largest absolute Gasteiger partial charge is 0.573 e. The van der Waals surface area contributed by atoms with Gasteiger partial charge in [0.25, 0.3) is 5.43 Å². The van der Waals surface area contributed by atoms with Crippen molar-refractivity contribution in [3.8, 4) is 5.75 Å². The van der Waals surface area contributed by atoms with Gasteiger partial charge < -0.3 is 9.72 Å². The molecule has 3 nitrogen and oxygen atoms in total. The van der Waals surface area contributed by atoms with Crippen LogP contribution in [0.3, 0.4) is 0 Å². The van der Waals surface area contributed by atoms with Crippen LogP contribution >= 0.6 is 0 Å². The van der Waals surface area contributed by atoms with Gasteiger partial charge in [-0.15, -0.1) is 13.2 Å². The van der Waals surface area contributed by atoms with Gasteiger partial charge in [0.05, 0.1) is 5.69 Å². The number of rotatable bonds is 1. The van der Waals surface area contributed by atoms with Crippen molar-refractivity contribution in [1.82, 2.24) is 4.98 Å². The van der Waals surface area contributed by atoms with Gasteiger partial charge in [-0.1, -0.05) is 0 Å². The molecule has 0 radical (unpaired) electrons. The lowest BCUT2D eigenvalue weighted by Gasteiger charge is -2.09. The highest BCUT2D eigenvalue weighted by Gasteiger charge is 2.33. The second-order valence-corrected chi connectivity index (χ2v) is 2.47. The summed E-state index contributed by atoms with van der Waals surface area (Å²) in [6, 6.07) is 0. The predicted octanol–water partition coefficient (Wildman–Crippen LogP) is 1.72. The van der Waals surface area contributed by atoms with Crippen LogP contribution in [0.15, 0.2) is 11.0 Å². The van der Waals surface area contributed by atoms with Gasteiger partial charge in [-0.25, -0.2) is 4.39 Å². The lowest BCUT2D eigenvalue weighted by atomic mass is 10.3. The average molecular weight is 211 g/mol. The Morgan fingerprint density at radius 3 is 2.50 bits per heavy atom. The van der Waals surface area contributed by atoms with Gasteiger partial charge in [0.1, 0.15) is 0 Å². The molecule has 7 heteroatoms. The summed E-state index contributed by atoms with van der Waals surface area (Å²) < 4.78 is 51.1. The smallest absolute Gasteiger partial charge is 0.400 e. The number of aromatic amines is 1. The fraction of sp³-hybridized carbons (Fsp3) is 0.286. The summed E-state index contributed by atoms with van der Waals surface area (Å²) in [7, 11) is 0. The van der Waals surface area contributed by atoms with E-state index in [-0.39, 0.29) is 5.69 Å². The van der Waals surface area contributed by atoms with Crippen molar-refractivity contribution in [1.29, 1.82) is 0 Å². The van der Waals surface area contributed by atoms with Crippen molar-refractivity contribution in [3.63, 3.8) is 0 Å². The van der Waals surface area contributed by atoms with Crippen molar-refractivity contribution in [2.75, 3.05) is 0 Å². The minimum atomic E-state index is -5.01. The van der Waals surface area contributed by atoms with Crippen molar-refractivity contribution in [3.05, 3.63) is 27.9 Å². The first-order valence-corrected chi connectivity index (χ1v) is 3.45. The zero-order valence-corrected chi connectivity index (χ0v) is 6.91. The molecular weight excluding hydrogens is 206 g/mol. The van der Waals surface area contributed by atoms with E-state index in [9.17, 15) is 22.4 Å². The Balaban J connectivity index is 3.21. The molecule has 14 heavy (non-hydrogen) atoms. The van der Waals surface area contributed by atoms with Gasteiger partial charge in [0.2, 0.25) is 0 Å². The molecule has 1 aromatic heterocycles. The van der Waals surface area contributed by atoms with Crippen LogP contribution in [-0.2, 0) is 0 Å². The molecule has 0 saturated heterocycles. The number of aryl methyl sites for hydroxylation is 1. The number of hydrogen-bond donors (Lipinski definition) is 1. The maximum absolute atomic E-state index is 12.5. The molecule has 0 aliphatic carbocycles. The minimum Gasteiger partial charge on any atom is -0.400 e. The fourth-order valence-corrected chi connectivity index (χ4v) is 0.820. The van der Waals surface area contributed by atoms with E-state index < -0.39 is 23.4 Å².